The Morgan fingerprint density at radius 3 is 3.04 bits per heavy atom. The first-order chi connectivity index (χ1) is 11.2. The van der Waals surface area contributed by atoms with Crippen molar-refractivity contribution in [3.63, 3.8) is 0 Å². The highest BCUT2D eigenvalue weighted by Crippen LogP contribution is 2.32. The Kier molecular flexibility index (Phi) is 5.72. The minimum atomic E-state index is 0.241. The van der Waals surface area contributed by atoms with Gasteiger partial charge in [0.15, 0.2) is 0 Å². The summed E-state index contributed by atoms with van der Waals surface area (Å²) in [7, 11) is 1.74. The molecule has 1 aliphatic heterocycles. The molecule has 0 spiro atoms. The third kappa shape index (κ3) is 4.14. The van der Waals surface area contributed by atoms with Gasteiger partial charge in [0, 0.05) is 38.2 Å². The molecule has 1 aromatic heterocycles. The molecule has 1 aromatic rings. The first-order valence-corrected chi connectivity index (χ1v) is 9.61. The Morgan fingerprint density at radius 2 is 2.22 bits per heavy atom. The van der Waals surface area contributed by atoms with Crippen LogP contribution in [0, 0.1) is 5.92 Å². The van der Waals surface area contributed by atoms with E-state index in [2.05, 4.69) is 17.9 Å². The Morgan fingerprint density at radius 1 is 1.35 bits per heavy atom. The zero-order chi connectivity index (χ0) is 16.2. The highest BCUT2D eigenvalue weighted by atomic mass is 32.1. The van der Waals surface area contributed by atoms with Gasteiger partial charge in [0.2, 0.25) is 0 Å². The van der Waals surface area contributed by atoms with E-state index in [9.17, 15) is 4.79 Å². The second kappa shape index (κ2) is 7.77. The standard InChI is InChI=1S/C18H28N2O2S/c1-14-4-5-16-15(12-14)13-17(23-16)18(21)20-7-3-6-19(8-9-20)10-11-22-2/h13-14H,3-12H2,1-2H3/t14-/m0/s1. The van der Waals surface area contributed by atoms with Crippen molar-refractivity contribution in [3.05, 3.63) is 21.4 Å². The average molecular weight is 337 g/mol. The Labute approximate surface area is 143 Å². The van der Waals surface area contributed by atoms with Gasteiger partial charge in [0.05, 0.1) is 11.5 Å². The number of methoxy groups -OCH3 is 1. The van der Waals surface area contributed by atoms with E-state index in [4.69, 9.17) is 4.74 Å². The van der Waals surface area contributed by atoms with E-state index in [1.165, 1.54) is 16.9 Å². The Hall–Kier alpha value is -0.910. The molecule has 128 valence electrons. The van der Waals surface area contributed by atoms with Gasteiger partial charge in [-0.1, -0.05) is 6.92 Å². The Balaban J connectivity index is 1.62. The summed E-state index contributed by atoms with van der Waals surface area (Å²) in [5, 5.41) is 0. The van der Waals surface area contributed by atoms with E-state index in [0.29, 0.717) is 0 Å². The first-order valence-electron chi connectivity index (χ1n) is 8.79. The van der Waals surface area contributed by atoms with Gasteiger partial charge in [-0.25, -0.2) is 0 Å². The molecular formula is C18H28N2O2S. The van der Waals surface area contributed by atoms with Crippen LogP contribution in [0.2, 0.25) is 0 Å². The highest BCUT2D eigenvalue weighted by Gasteiger charge is 2.25. The number of rotatable bonds is 4. The molecule has 0 N–H and O–H groups in total. The quantitative estimate of drug-likeness (QED) is 0.847. The number of aryl methyl sites for hydroxylation is 1. The number of amides is 1. The van der Waals surface area contributed by atoms with Crippen LogP contribution in [-0.4, -0.2) is 62.1 Å². The van der Waals surface area contributed by atoms with Crippen LogP contribution >= 0.6 is 11.3 Å². The second-order valence-electron chi connectivity index (χ2n) is 6.89. The molecule has 1 saturated heterocycles. The number of hydrogen-bond acceptors (Lipinski definition) is 4. The van der Waals surface area contributed by atoms with E-state index < -0.39 is 0 Å². The number of carbonyl (C=O) groups excluding carboxylic acids is 1. The van der Waals surface area contributed by atoms with E-state index in [0.717, 1.165) is 69.4 Å². The molecule has 0 unspecified atom stereocenters. The number of carbonyl (C=O) groups is 1. The van der Waals surface area contributed by atoms with Crippen LogP contribution < -0.4 is 0 Å². The van der Waals surface area contributed by atoms with Crippen LogP contribution in [0.15, 0.2) is 6.07 Å². The molecule has 0 bridgehead atoms. The summed E-state index contributed by atoms with van der Waals surface area (Å²) >= 11 is 1.74. The van der Waals surface area contributed by atoms with Crippen molar-refractivity contribution in [2.45, 2.75) is 32.6 Å². The van der Waals surface area contributed by atoms with Gasteiger partial charge >= 0.3 is 0 Å². The summed E-state index contributed by atoms with van der Waals surface area (Å²) in [6, 6.07) is 2.17. The van der Waals surface area contributed by atoms with Gasteiger partial charge in [0.25, 0.3) is 5.91 Å². The van der Waals surface area contributed by atoms with Gasteiger partial charge < -0.3 is 9.64 Å². The molecule has 1 fully saturated rings. The largest absolute Gasteiger partial charge is 0.383 e. The van der Waals surface area contributed by atoms with Crippen LogP contribution in [0.3, 0.4) is 0 Å². The predicted octanol–water partition coefficient (Wildman–Crippen LogP) is 2.67. The van der Waals surface area contributed by atoms with Crippen LogP contribution in [-0.2, 0) is 17.6 Å². The number of hydrogen-bond donors (Lipinski definition) is 0. The minimum Gasteiger partial charge on any atom is -0.383 e. The van der Waals surface area contributed by atoms with Crippen LogP contribution in [0.5, 0.6) is 0 Å². The molecule has 3 rings (SSSR count). The average Bonchev–Trinajstić information content (AvgIpc) is 2.82. The number of fused-ring (bicyclic) bond motifs is 1. The fourth-order valence-corrected chi connectivity index (χ4v) is 4.76. The molecule has 1 atom stereocenters. The lowest BCUT2D eigenvalue weighted by molar-refractivity contribution is 0.0764. The lowest BCUT2D eigenvalue weighted by atomic mass is 9.90. The maximum atomic E-state index is 12.9. The summed E-state index contributed by atoms with van der Waals surface area (Å²) in [4.78, 5) is 19.7. The topological polar surface area (TPSA) is 32.8 Å². The molecule has 1 aliphatic carbocycles. The van der Waals surface area contributed by atoms with E-state index >= 15 is 0 Å². The predicted molar refractivity (Wildman–Crippen MR) is 94.3 cm³/mol. The smallest absolute Gasteiger partial charge is 0.263 e. The number of thiophene rings is 1. The zero-order valence-corrected chi connectivity index (χ0v) is 15.2. The van der Waals surface area contributed by atoms with E-state index in [1.807, 2.05) is 4.90 Å². The fourth-order valence-electron chi connectivity index (χ4n) is 3.59. The molecule has 0 aromatic carbocycles. The summed E-state index contributed by atoms with van der Waals surface area (Å²) in [5.74, 6) is 0.998. The van der Waals surface area contributed by atoms with E-state index in [-0.39, 0.29) is 5.91 Å². The third-order valence-corrected chi connectivity index (χ3v) is 6.25. The maximum Gasteiger partial charge on any atom is 0.263 e. The van der Waals surface area contributed by atoms with Crippen molar-refractivity contribution in [1.29, 1.82) is 0 Å². The number of nitrogens with zero attached hydrogens (tertiary/aromatic N) is 2. The first kappa shape index (κ1) is 16.9. The van der Waals surface area contributed by atoms with Crippen molar-refractivity contribution in [1.82, 2.24) is 9.80 Å². The monoisotopic (exact) mass is 336 g/mol. The lowest BCUT2D eigenvalue weighted by Crippen LogP contribution is -2.35. The van der Waals surface area contributed by atoms with Crippen LogP contribution in [0.4, 0.5) is 0 Å². The van der Waals surface area contributed by atoms with Crippen molar-refractivity contribution in [3.8, 4) is 0 Å². The van der Waals surface area contributed by atoms with E-state index in [1.54, 1.807) is 18.4 Å². The van der Waals surface area contributed by atoms with Gasteiger partial charge in [-0.2, -0.15) is 0 Å². The number of ether oxygens (including phenoxy) is 1. The second-order valence-corrected chi connectivity index (χ2v) is 8.02. The van der Waals surface area contributed by atoms with Crippen LogP contribution in [0.25, 0.3) is 0 Å². The summed E-state index contributed by atoms with van der Waals surface area (Å²) in [6.45, 7) is 7.77. The molecular weight excluding hydrogens is 308 g/mol. The molecule has 2 heterocycles. The van der Waals surface area contributed by atoms with Gasteiger partial charge in [0.1, 0.15) is 0 Å². The molecule has 2 aliphatic rings. The van der Waals surface area contributed by atoms with Crippen molar-refractivity contribution >= 4 is 17.2 Å². The molecule has 0 saturated carbocycles. The van der Waals surface area contributed by atoms with Crippen LogP contribution in [0.1, 0.15) is 39.9 Å². The summed E-state index contributed by atoms with van der Waals surface area (Å²) < 4.78 is 5.16. The maximum absolute atomic E-state index is 12.9. The van der Waals surface area contributed by atoms with Crippen molar-refractivity contribution < 1.29 is 9.53 Å². The minimum absolute atomic E-state index is 0.241. The van der Waals surface area contributed by atoms with Crippen molar-refractivity contribution in [2.24, 2.45) is 5.92 Å². The molecule has 0 radical (unpaired) electrons. The summed E-state index contributed by atoms with van der Waals surface area (Å²) in [5.41, 5.74) is 1.42. The lowest BCUT2D eigenvalue weighted by Gasteiger charge is -2.21. The Bertz CT molecular complexity index is 543. The molecule has 23 heavy (non-hydrogen) atoms. The van der Waals surface area contributed by atoms with Crippen molar-refractivity contribution in [2.75, 3.05) is 46.4 Å². The zero-order valence-electron chi connectivity index (χ0n) is 14.3. The van der Waals surface area contributed by atoms with Gasteiger partial charge in [-0.05, 0) is 49.8 Å². The SMILES string of the molecule is COCCN1CCCN(C(=O)c2cc3c(s2)CC[C@H](C)C3)CC1. The normalized spacial score (nSPS) is 22.7. The third-order valence-electron chi connectivity index (χ3n) is 5.03. The van der Waals surface area contributed by atoms with Gasteiger partial charge in [-0.3, -0.25) is 9.69 Å². The summed E-state index contributed by atoms with van der Waals surface area (Å²) in [6.07, 6.45) is 4.61. The molecule has 4 nitrogen and oxygen atoms in total. The molecule has 1 amide bonds. The highest BCUT2D eigenvalue weighted by molar-refractivity contribution is 7.14. The fraction of sp³-hybridized carbons (Fsp3) is 0.722. The van der Waals surface area contributed by atoms with Gasteiger partial charge in [-0.15, -0.1) is 11.3 Å². The molecule has 5 heteroatoms.